The third kappa shape index (κ3) is 5.17. The van der Waals surface area contributed by atoms with Crippen molar-refractivity contribution in [1.29, 1.82) is 0 Å². The van der Waals surface area contributed by atoms with Gasteiger partial charge in [-0.2, -0.15) is 0 Å². The summed E-state index contributed by atoms with van der Waals surface area (Å²) in [7, 11) is 0. The van der Waals surface area contributed by atoms with Crippen LogP contribution in [0.5, 0.6) is 0 Å². The maximum atomic E-state index is 11.4. The van der Waals surface area contributed by atoms with Gasteiger partial charge in [0.2, 0.25) is 0 Å². The molecule has 0 bridgehead atoms. The highest BCUT2D eigenvalue weighted by Crippen LogP contribution is 2.73. The lowest BCUT2D eigenvalue weighted by molar-refractivity contribution is -0.178. The van der Waals surface area contributed by atoms with Gasteiger partial charge < -0.3 is 5.11 Å². The van der Waals surface area contributed by atoms with E-state index >= 15 is 0 Å². The largest absolute Gasteiger partial charge is 0.478 e. The van der Waals surface area contributed by atoms with Gasteiger partial charge in [0.05, 0.1) is 5.56 Å². The van der Waals surface area contributed by atoms with Gasteiger partial charge >= 0.3 is 5.97 Å². The summed E-state index contributed by atoms with van der Waals surface area (Å²) in [6.45, 7) is 16.9. The molecule has 5 aliphatic carbocycles. The van der Waals surface area contributed by atoms with Crippen molar-refractivity contribution in [3.63, 3.8) is 0 Å². The van der Waals surface area contributed by atoms with Crippen molar-refractivity contribution in [3.8, 4) is 25.7 Å². The summed E-state index contributed by atoms with van der Waals surface area (Å²) in [5, 5.41) is 9.36. The van der Waals surface area contributed by atoms with E-state index < -0.39 is 5.97 Å². The van der Waals surface area contributed by atoms with Crippen LogP contribution in [0, 0.1) is 76.9 Å². The predicted octanol–water partition coefficient (Wildman–Crippen LogP) is 10.8. The molecule has 42 heavy (non-hydrogen) atoms. The molecule has 1 aromatic rings. The molecule has 0 amide bonds. The van der Waals surface area contributed by atoms with Crippen LogP contribution in [-0.2, 0) is 0 Å². The van der Waals surface area contributed by atoms with Crippen LogP contribution in [0.3, 0.4) is 0 Å². The number of allylic oxidation sites excluding steroid dienone is 2. The summed E-state index contributed by atoms with van der Waals surface area (Å²) < 4.78 is 0. The van der Waals surface area contributed by atoms with E-state index in [1.165, 1.54) is 81.8 Å². The molecule has 0 aromatic heterocycles. The van der Waals surface area contributed by atoms with Gasteiger partial charge in [-0.25, -0.2) is 4.79 Å². The monoisotopic (exact) mass is 570 g/mol. The Bertz CT molecular complexity index is 1150. The molecule has 0 saturated heterocycles. The van der Waals surface area contributed by atoms with Gasteiger partial charge in [0, 0.05) is 0 Å². The van der Waals surface area contributed by atoms with E-state index in [-0.39, 0.29) is 5.41 Å². The van der Waals surface area contributed by atoms with Gasteiger partial charge in [-0.3, -0.25) is 0 Å². The second kappa shape index (κ2) is 13.0. The molecule has 230 valence electrons. The van der Waals surface area contributed by atoms with Crippen LogP contribution in [0.2, 0.25) is 0 Å². The Morgan fingerprint density at radius 2 is 1.45 bits per heavy atom. The quantitative estimate of drug-likeness (QED) is 0.367. The minimum atomic E-state index is -0.843. The minimum absolute atomic E-state index is 0.102. The van der Waals surface area contributed by atoms with Crippen LogP contribution in [0.15, 0.2) is 30.3 Å². The second-order valence-corrected chi connectivity index (χ2v) is 14.7. The minimum Gasteiger partial charge on any atom is -0.478 e. The maximum absolute atomic E-state index is 11.4. The van der Waals surface area contributed by atoms with E-state index in [0.29, 0.717) is 27.7 Å². The summed E-state index contributed by atoms with van der Waals surface area (Å²) in [5.74, 6) is 3.60. The number of carboxylic acids is 1. The van der Waals surface area contributed by atoms with Crippen LogP contribution in [0.25, 0.3) is 5.57 Å². The summed E-state index contributed by atoms with van der Waals surface area (Å²) in [4.78, 5) is 11.4. The van der Waals surface area contributed by atoms with E-state index in [9.17, 15) is 9.90 Å². The van der Waals surface area contributed by atoms with E-state index in [4.69, 9.17) is 0 Å². The highest BCUT2D eigenvalue weighted by Gasteiger charge is 2.65. The molecule has 8 atom stereocenters. The number of carboxylic acid groups (broad SMARTS) is 1. The molecule has 4 fully saturated rings. The number of hydrogen-bond donors (Lipinski definition) is 1. The molecular formula is C40H58O2. The normalized spacial score (nSPS) is 38.8. The lowest BCUT2D eigenvalue weighted by Crippen LogP contribution is -2.61. The molecule has 4 saturated carbocycles. The van der Waals surface area contributed by atoms with Crippen molar-refractivity contribution in [2.75, 3.05) is 0 Å². The van der Waals surface area contributed by atoms with Crippen molar-refractivity contribution in [3.05, 3.63) is 41.5 Å². The highest BCUT2D eigenvalue weighted by atomic mass is 16.4. The molecular weight excluding hydrogens is 512 g/mol. The van der Waals surface area contributed by atoms with E-state index in [1.54, 1.807) is 12.1 Å². The molecule has 6 rings (SSSR count). The SMILES string of the molecule is C#C.C#C.CC.CC[C@]12CCCC1[C@H]1CCC3[C@@](C)(CCC4C(C)(C)C(c5ccc(C(=O)O)cc5)=CC[C@@]43C)C1CC2. The van der Waals surface area contributed by atoms with Crippen LogP contribution in [0.1, 0.15) is 135 Å². The maximum Gasteiger partial charge on any atom is 0.335 e. The van der Waals surface area contributed by atoms with Gasteiger partial charge in [0.15, 0.2) is 0 Å². The number of carbonyl (C=O) groups is 1. The van der Waals surface area contributed by atoms with E-state index in [0.717, 1.165) is 23.7 Å². The lowest BCUT2D eigenvalue weighted by atomic mass is 9.36. The zero-order chi connectivity index (χ0) is 31.5. The van der Waals surface area contributed by atoms with E-state index in [1.807, 2.05) is 26.0 Å². The molecule has 0 heterocycles. The number of terminal acetylenes is 2. The number of aromatic carboxylic acids is 1. The molecule has 0 aliphatic heterocycles. The zero-order valence-corrected chi connectivity index (χ0v) is 27.7. The lowest BCUT2D eigenvalue weighted by Gasteiger charge is -2.68. The first-order valence-corrected chi connectivity index (χ1v) is 16.8. The second-order valence-electron chi connectivity index (χ2n) is 14.7. The molecule has 1 aromatic carbocycles. The zero-order valence-electron chi connectivity index (χ0n) is 27.7. The van der Waals surface area contributed by atoms with Gasteiger partial charge in [0.25, 0.3) is 0 Å². The summed E-state index contributed by atoms with van der Waals surface area (Å²) in [5.41, 5.74) is 4.69. The Morgan fingerprint density at radius 1 is 0.810 bits per heavy atom. The molecule has 5 aliphatic rings. The molecule has 1 N–H and O–H groups in total. The Kier molecular flexibility index (Phi) is 10.6. The van der Waals surface area contributed by atoms with Crippen molar-refractivity contribution in [2.24, 2.45) is 51.2 Å². The summed E-state index contributed by atoms with van der Waals surface area (Å²) in [6, 6.07) is 7.65. The standard InChI is InChI=1S/C34H48O2.C2H6.2C2H2/c1-6-34-18-7-8-27(34)24-13-14-29-32(4,26(24)16-21-34)20-17-28-31(2,3)25(15-19-33(28,29)5)22-9-11-23(12-10-22)30(35)36;3*1-2/h9-12,15,24,26-29H,6-8,13-14,16-21H2,1-5H3,(H,35,36);1-2H3;2*1-2H/t24-,26?,27?,28?,29?,32-,33-,34+;;;/m0.../s1. The van der Waals surface area contributed by atoms with Crippen LogP contribution in [-0.4, -0.2) is 11.1 Å². The molecule has 2 heteroatoms. The van der Waals surface area contributed by atoms with Gasteiger partial charge in [-0.05, 0) is 132 Å². The van der Waals surface area contributed by atoms with Crippen molar-refractivity contribution in [2.45, 2.75) is 119 Å². The first kappa shape index (κ1) is 34.0. The number of fused-ring (bicyclic) bond motifs is 7. The average molecular weight is 571 g/mol. The van der Waals surface area contributed by atoms with Crippen LogP contribution >= 0.6 is 0 Å². The number of hydrogen-bond acceptors (Lipinski definition) is 1. The first-order chi connectivity index (χ1) is 20.1. The topological polar surface area (TPSA) is 37.3 Å². The molecule has 2 nitrogen and oxygen atoms in total. The number of rotatable bonds is 3. The summed E-state index contributed by atoms with van der Waals surface area (Å²) in [6.07, 6.45) is 34.3. The third-order valence-corrected chi connectivity index (χ3v) is 13.4. The Hall–Kier alpha value is -2.45. The number of benzene rings is 1. The van der Waals surface area contributed by atoms with Gasteiger partial charge in [-0.1, -0.05) is 79.5 Å². The molecule has 4 unspecified atom stereocenters. The fraction of sp³-hybridized carbons (Fsp3) is 0.675. The fourth-order valence-corrected chi connectivity index (χ4v) is 11.9. The molecule has 0 radical (unpaired) electrons. The fourth-order valence-electron chi connectivity index (χ4n) is 11.9. The van der Waals surface area contributed by atoms with Gasteiger partial charge in [0.1, 0.15) is 0 Å². The predicted molar refractivity (Wildman–Crippen MR) is 179 cm³/mol. The highest BCUT2D eigenvalue weighted by molar-refractivity contribution is 5.88. The Balaban J connectivity index is 0.000000760. The van der Waals surface area contributed by atoms with Crippen molar-refractivity contribution in [1.82, 2.24) is 0 Å². The van der Waals surface area contributed by atoms with Crippen LogP contribution in [0.4, 0.5) is 0 Å². The van der Waals surface area contributed by atoms with Crippen molar-refractivity contribution >= 4 is 11.5 Å². The summed E-state index contributed by atoms with van der Waals surface area (Å²) >= 11 is 0. The smallest absolute Gasteiger partial charge is 0.335 e. The third-order valence-electron chi connectivity index (χ3n) is 13.4. The Morgan fingerprint density at radius 3 is 2.05 bits per heavy atom. The van der Waals surface area contributed by atoms with Crippen molar-refractivity contribution < 1.29 is 9.90 Å². The van der Waals surface area contributed by atoms with Gasteiger partial charge in [-0.15, -0.1) is 25.7 Å². The van der Waals surface area contributed by atoms with Crippen LogP contribution < -0.4 is 0 Å². The average Bonchev–Trinajstić information content (AvgIpc) is 3.45. The Labute approximate surface area is 258 Å². The van der Waals surface area contributed by atoms with E-state index in [2.05, 4.69) is 66.4 Å². The first-order valence-electron chi connectivity index (χ1n) is 16.8. The molecule has 0 spiro atoms.